The van der Waals surface area contributed by atoms with Crippen molar-refractivity contribution in [3.05, 3.63) is 67.2 Å². The number of non-ortho nitro benzene ring substituents is 1. The van der Waals surface area contributed by atoms with E-state index in [9.17, 15) is 20.2 Å². The van der Waals surface area contributed by atoms with E-state index in [4.69, 9.17) is 0 Å². The van der Waals surface area contributed by atoms with Crippen molar-refractivity contribution < 1.29 is 9.85 Å². The van der Waals surface area contributed by atoms with Crippen molar-refractivity contribution >= 4 is 17.4 Å². The van der Waals surface area contributed by atoms with E-state index in [1.165, 1.54) is 23.9 Å². The highest BCUT2D eigenvalue weighted by Crippen LogP contribution is 2.32. The van der Waals surface area contributed by atoms with Crippen LogP contribution in [0.5, 0.6) is 0 Å². The molecule has 0 heterocycles. The summed E-state index contributed by atoms with van der Waals surface area (Å²) in [5, 5.41) is 21.2. The first-order chi connectivity index (χ1) is 9.06. The van der Waals surface area contributed by atoms with E-state index >= 15 is 0 Å². The number of hydrogen-bond donors (Lipinski definition) is 0. The Morgan fingerprint density at radius 2 is 1.74 bits per heavy atom. The minimum absolute atomic E-state index is 0.0310. The summed E-state index contributed by atoms with van der Waals surface area (Å²) in [6.07, 6.45) is 4.56. The molecule has 0 N–H and O–H groups in total. The zero-order chi connectivity index (χ0) is 13.8. The van der Waals surface area contributed by atoms with Crippen molar-refractivity contribution in [3.63, 3.8) is 0 Å². The molecular formula is C12H10N2O4S. The van der Waals surface area contributed by atoms with Crippen molar-refractivity contribution in [2.45, 2.75) is 17.7 Å². The average Bonchev–Trinajstić information content (AvgIpc) is 2.39. The van der Waals surface area contributed by atoms with Gasteiger partial charge < -0.3 is 0 Å². The molecular weight excluding hydrogens is 268 g/mol. The fraction of sp³-hybridized carbons (Fsp3) is 0.167. The smallest absolute Gasteiger partial charge is 0.259 e. The number of nitro groups is 2. The zero-order valence-electron chi connectivity index (χ0n) is 9.81. The SMILES string of the molecule is O=[N+]([O-])C1=CC(Sc2ccc([N+](=O)[O-])cc2)=CCC1. The van der Waals surface area contributed by atoms with Crippen LogP contribution in [-0.2, 0) is 0 Å². The van der Waals surface area contributed by atoms with Crippen LogP contribution >= 0.6 is 11.8 Å². The van der Waals surface area contributed by atoms with Crippen LogP contribution in [0.25, 0.3) is 0 Å². The van der Waals surface area contributed by atoms with Crippen LogP contribution in [0.3, 0.4) is 0 Å². The molecule has 1 aromatic carbocycles. The summed E-state index contributed by atoms with van der Waals surface area (Å²) in [7, 11) is 0. The molecule has 0 saturated carbocycles. The van der Waals surface area contributed by atoms with Gasteiger partial charge in [-0.05, 0) is 18.6 Å². The summed E-state index contributed by atoms with van der Waals surface area (Å²) in [5.41, 5.74) is 0.232. The highest BCUT2D eigenvalue weighted by Gasteiger charge is 2.15. The summed E-state index contributed by atoms with van der Waals surface area (Å²) >= 11 is 1.36. The summed E-state index contributed by atoms with van der Waals surface area (Å²) < 4.78 is 0. The van der Waals surface area contributed by atoms with Gasteiger partial charge in [0, 0.05) is 34.4 Å². The molecule has 0 spiro atoms. The van der Waals surface area contributed by atoms with E-state index in [1.54, 1.807) is 18.2 Å². The van der Waals surface area contributed by atoms with Gasteiger partial charge in [-0.15, -0.1) is 0 Å². The molecule has 0 aromatic heterocycles. The maximum Gasteiger partial charge on any atom is 0.269 e. The van der Waals surface area contributed by atoms with E-state index < -0.39 is 4.92 Å². The Balaban J connectivity index is 2.11. The first-order valence-electron chi connectivity index (χ1n) is 5.53. The maximum atomic E-state index is 10.7. The van der Waals surface area contributed by atoms with Crippen LogP contribution in [-0.4, -0.2) is 9.85 Å². The third kappa shape index (κ3) is 3.41. The first kappa shape index (κ1) is 13.3. The topological polar surface area (TPSA) is 86.3 Å². The molecule has 0 bridgehead atoms. The number of thioether (sulfide) groups is 1. The van der Waals surface area contributed by atoms with Crippen LogP contribution in [0.4, 0.5) is 5.69 Å². The third-order valence-electron chi connectivity index (χ3n) is 2.57. The van der Waals surface area contributed by atoms with Gasteiger partial charge in [-0.1, -0.05) is 17.8 Å². The molecule has 0 aliphatic heterocycles. The van der Waals surface area contributed by atoms with Gasteiger partial charge in [0.2, 0.25) is 5.70 Å². The quantitative estimate of drug-likeness (QED) is 0.621. The van der Waals surface area contributed by atoms with Gasteiger partial charge in [-0.25, -0.2) is 0 Å². The van der Waals surface area contributed by atoms with Gasteiger partial charge in [-0.2, -0.15) is 0 Å². The Morgan fingerprint density at radius 1 is 1.05 bits per heavy atom. The van der Waals surface area contributed by atoms with Gasteiger partial charge in [0.15, 0.2) is 0 Å². The molecule has 0 fully saturated rings. The highest BCUT2D eigenvalue weighted by atomic mass is 32.2. The summed E-state index contributed by atoms with van der Waals surface area (Å²) in [5.74, 6) is 0. The van der Waals surface area contributed by atoms with Crippen LogP contribution < -0.4 is 0 Å². The lowest BCUT2D eigenvalue weighted by molar-refractivity contribution is -0.428. The summed E-state index contributed by atoms with van der Waals surface area (Å²) in [4.78, 5) is 22.0. The van der Waals surface area contributed by atoms with Gasteiger partial charge in [-0.3, -0.25) is 20.2 Å². The fourth-order valence-electron chi connectivity index (χ4n) is 1.64. The number of allylic oxidation sites excluding steroid dienone is 3. The zero-order valence-corrected chi connectivity index (χ0v) is 10.6. The minimum atomic E-state index is -0.459. The number of nitro benzene ring substituents is 1. The Morgan fingerprint density at radius 3 is 2.32 bits per heavy atom. The molecule has 98 valence electrons. The molecule has 7 heteroatoms. The number of nitrogens with zero attached hydrogens (tertiary/aromatic N) is 2. The lowest BCUT2D eigenvalue weighted by Crippen LogP contribution is -2.01. The van der Waals surface area contributed by atoms with E-state index in [2.05, 4.69) is 0 Å². The van der Waals surface area contributed by atoms with Crippen molar-refractivity contribution in [1.29, 1.82) is 0 Å². The molecule has 19 heavy (non-hydrogen) atoms. The Hall–Kier alpha value is -2.15. The largest absolute Gasteiger partial charge is 0.269 e. The second kappa shape index (κ2) is 5.66. The van der Waals surface area contributed by atoms with E-state index in [0.717, 1.165) is 9.80 Å². The molecule has 1 aliphatic rings. The van der Waals surface area contributed by atoms with E-state index in [1.807, 2.05) is 6.08 Å². The maximum absolute atomic E-state index is 10.7. The van der Waals surface area contributed by atoms with E-state index in [-0.39, 0.29) is 16.3 Å². The van der Waals surface area contributed by atoms with E-state index in [0.29, 0.717) is 12.8 Å². The predicted octanol–water partition coefficient (Wildman–Crippen LogP) is 3.53. The molecule has 0 atom stereocenters. The van der Waals surface area contributed by atoms with Crippen molar-refractivity contribution in [2.75, 3.05) is 0 Å². The molecule has 0 amide bonds. The molecule has 6 nitrogen and oxygen atoms in total. The highest BCUT2D eigenvalue weighted by molar-refractivity contribution is 8.03. The van der Waals surface area contributed by atoms with Gasteiger partial charge in [0.05, 0.1) is 9.85 Å². The van der Waals surface area contributed by atoms with Crippen molar-refractivity contribution in [1.82, 2.24) is 0 Å². The van der Waals surface area contributed by atoms with Gasteiger partial charge in [0.1, 0.15) is 0 Å². The molecule has 0 saturated heterocycles. The second-order valence-electron chi connectivity index (χ2n) is 3.89. The predicted molar refractivity (Wildman–Crippen MR) is 71.3 cm³/mol. The molecule has 2 rings (SSSR count). The van der Waals surface area contributed by atoms with Crippen LogP contribution in [0.2, 0.25) is 0 Å². The number of benzene rings is 1. The standard InChI is InChI=1S/C12H10N2O4S/c15-13(16)9-4-6-11(7-5-9)19-12-3-1-2-10(8-12)14(17)18/h3-8H,1-2H2. The average molecular weight is 278 g/mol. The second-order valence-corrected chi connectivity index (χ2v) is 5.04. The van der Waals surface area contributed by atoms with Crippen molar-refractivity contribution in [3.8, 4) is 0 Å². The monoisotopic (exact) mass is 278 g/mol. The summed E-state index contributed by atoms with van der Waals surface area (Å²) in [6.45, 7) is 0. The lowest BCUT2D eigenvalue weighted by atomic mass is 10.1. The fourth-order valence-corrected chi connectivity index (χ4v) is 2.59. The van der Waals surface area contributed by atoms with Gasteiger partial charge >= 0.3 is 0 Å². The number of rotatable bonds is 4. The van der Waals surface area contributed by atoms with Crippen LogP contribution in [0.15, 0.2) is 51.9 Å². The summed E-state index contributed by atoms with van der Waals surface area (Å²) in [6, 6.07) is 6.11. The van der Waals surface area contributed by atoms with Crippen LogP contribution in [0.1, 0.15) is 12.8 Å². The lowest BCUT2D eigenvalue weighted by Gasteiger charge is -2.07. The molecule has 1 aromatic rings. The minimum Gasteiger partial charge on any atom is -0.259 e. The van der Waals surface area contributed by atoms with Crippen molar-refractivity contribution in [2.24, 2.45) is 0 Å². The van der Waals surface area contributed by atoms with Crippen LogP contribution in [0, 0.1) is 20.2 Å². The molecule has 1 aliphatic carbocycles. The van der Waals surface area contributed by atoms with Gasteiger partial charge in [0.25, 0.3) is 5.69 Å². The Kier molecular flexibility index (Phi) is 3.96. The Labute approximate surface area is 113 Å². The normalized spacial score (nSPS) is 14.5. The number of hydrogen-bond acceptors (Lipinski definition) is 5. The Bertz CT molecular complexity index is 578. The first-order valence-corrected chi connectivity index (χ1v) is 6.35. The molecule has 0 radical (unpaired) electrons. The molecule has 0 unspecified atom stereocenters. The third-order valence-corrected chi connectivity index (χ3v) is 3.60.